The van der Waals surface area contributed by atoms with Crippen LogP contribution < -0.4 is 10.2 Å². The molecule has 9 heteroatoms. The van der Waals surface area contributed by atoms with Crippen molar-refractivity contribution in [1.29, 1.82) is 0 Å². The molecule has 3 rings (SSSR count). The SMILES string of the molecule is CNC1N(C)C(=O)c2ncn([C@H]3C[C@H](O)[C@@H](CO)O3)c2N1C. The Bertz CT molecular complexity index is 577. The molecule has 1 fully saturated rings. The molecule has 1 aromatic heterocycles. The average Bonchev–Trinajstić information content (AvgIpc) is 3.09. The fourth-order valence-corrected chi connectivity index (χ4v) is 3.16. The first-order chi connectivity index (χ1) is 10.5. The zero-order chi connectivity index (χ0) is 16.0. The van der Waals surface area contributed by atoms with Crippen molar-refractivity contribution in [3.8, 4) is 0 Å². The summed E-state index contributed by atoms with van der Waals surface area (Å²) in [5.41, 5.74) is 0.349. The number of aliphatic hydroxyl groups is 2. The normalized spacial score (nSPS) is 31.8. The molecular weight excluding hydrogens is 290 g/mol. The number of imidazole rings is 1. The molecule has 1 unspecified atom stereocenters. The molecule has 122 valence electrons. The number of aromatic nitrogens is 2. The van der Waals surface area contributed by atoms with E-state index < -0.39 is 18.4 Å². The summed E-state index contributed by atoms with van der Waals surface area (Å²) in [7, 11) is 5.34. The molecule has 4 atom stereocenters. The van der Waals surface area contributed by atoms with Gasteiger partial charge in [0.15, 0.2) is 12.0 Å². The van der Waals surface area contributed by atoms with Gasteiger partial charge in [-0.3, -0.25) is 14.7 Å². The molecule has 2 aliphatic rings. The molecule has 0 aromatic carbocycles. The number of fused-ring (bicyclic) bond motifs is 1. The molecule has 9 nitrogen and oxygen atoms in total. The summed E-state index contributed by atoms with van der Waals surface area (Å²) in [6, 6.07) is 0. The molecule has 22 heavy (non-hydrogen) atoms. The van der Waals surface area contributed by atoms with E-state index in [0.717, 1.165) is 0 Å². The summed E-state index contributed by atoms with van der Waals surface area (Å²) in [4.78, 5) is 20.1. The van der Waals surface area contributed by atoms with Crippen LogP contribution in [0.3, 0.4) is 0 Å². The van der Waals surface area contributed by atoms with Gasteiger partial charge in [0.25, 0.3) is 5.91 Å². The van der Waals surface area contributed by atoms with E-state index in [0.29, 0.717) is 17.9 Å². The highest BCUT2D eigenvalue weighted by atomic mass is 16.5. The van der Waals surface area contributed by atoms with Crippen molar-refractivity contribution in [2.24, 2.45) is 0 Å². The number of carbonyl (C=O) groups excluding carboxylic acids is 1. The van der Waals surface area contributed by atoms with Crippen LogP contribution in [0.2, 0.25) is 0 Å². The van der Waals surface area contributed by atoms with Crippen LogP contribution in [0.5, 0.6) is 0 Å². The maximum atomic E-state index is 12.4. The van der Waals surface area contributed by atoms with Crippen molar-refractivity contribution in [3.05, 3.63) is 12.0 Å². The number of nitrogens with zero attached hydrogens (tertiary/aromatic N) is 4. The number of anilines is 1. The van der Waals surface area contributed by atoms with Gasteiger partial charge < -0.3 is 24.7 Å². The highest BCUT2D eigenvalue weighted by Crippen LogP contribution is 2.35. The summed E-state index contributed by atoms with van der Waals surface area (Å²) >= 11 is 0. The quantitative estimate of drug-likeness (QED) is 0.627. The molecule has 0 bridgehead atoms. The van der Waals surface area contributed by atoms with Crippen LogP contribution in [-0.4, -0.2) is 76.8 Å². The summed E-state index contributed by atoms with van der Waals surface area (Å²) in [5.74, 6) is 0.460. The first kappa shape index (κ1) is 15.2. The molecule has 1 amide bonds. The molecule has 3 heterocycles. The summed E-state index contributed by atoms with van der Waals surface area (Å²) < 4.78 is 7.40. The maximum Gasteiger partial charge on any atom is 0.278 e. The molecular formula is C13H21N5O4. The van der Waals surface area contributed by atoms with E-state index in [1.165, 1.54) is 0 Å². The minimum absolute atomic E-state index is 0.177. The third kappa shape index (κ3) is 2.09. The number of hydrogen-bond donors (Lipinski definition) is 3. The van der Waals surface area contributed by atoms with E-state index in [1.54, 1.807) is 29.9 Å². The number of nitrogens with one attached hydrogen (secondary N) is 1. The molecule has 0 radical (unpaired) electrons. The van der Waals surface area contributed by atoms with E-state index in [4.69, 9.17) is 4.74 Å². The Morgan fingerprint density at radius 3 is 2.77 bits per heavy atom. The molecule has 1 aromatic rings. The highest BCUT2D eigenvalue weighted by molar-refractivity contribution is 5.99. The minimum atomic E-state index is -0.736. The number of rotatable bonds is 3. The lowest BCUT2D eigenvalue weighted by molar-refractivity contribution is -0.0441. The Morgan fingerprint density at radius 1 is 1.45 bits per heavy atom. The molecule has 2 aliphatic heterocycles. The Hall–Kier alpha value is -1.68. The number of ether oxygens (including phenoxy) is 1. The van der Waals surface area contributed by atoms with Gasteiger partial charge in [-0.25, -0.2) is 4.98 Å². The van der Waals surface area contributed by atoms with Crippen LogP contribution in [0.1, 0.15) is 23.1 Å². The summed E-state index contributed by atoms with van der Waals surface area (Å²) in [6.07, 6.45) is -0.219. The van der Waals surface area contributed by atoms with Crippen LogP contribution in [0.25, 0.3) is 0 Å². The first-order valence-electron chi connectivity index (χ1n) is 7.18. The number of hydrogen-bond acceptors (Lipinski definition) is 7. The summed E-state index contributed by atoms with van der Waals surface area (Å²) in [6.45, 7) is -0.245. The second-order valence-corrected chi connectivity index (χ2v) is 5.63. The van der Waals surface area contributed by atoms with Crippen molar-refractivity contribution < 1.29 is 19.7 Å². The summed E-state index contributed by atoms with van der Waals surface area (Å²) in [5, 5.41) is 22.2. The molecule has 0 saturated carbocycles. The predicted octanol–water partition coefficient (Wildman–Crippen LogP) is -1.45. The van der Waals surface area contributed by atoms with Crippen LogP contribution in [0.4, 0.5) is 5.82 Å². The van der Waals surface area contributed by atoms with Gasteiger partial charge in [0.1, 0.15) is 18.1 Å². The fraction of sp³-hybridized carbons (Fsp3) is 0.692. The maximum absolute atomic E-state index is 12.4. The van der Waals surface area contributed by atoms with Gasteiger partial charge in [-0.1, -0.05) is 0 Å². The number of aliphatic hydroxyl groups excluding tert-OH is 2. The predicted molar refractivity (Wildman–Crippen MR) is 77.2 cm³/mol. The Labute approximate surface area is 128 Å². The van der Waals surface area contributed by atoms with E-state index in [-0.39, 0.29) is 18.8 Å². The van der Waals surface area contributed by atoms with Crippen molar-refractivity contribution >= 4 is 11.7 Å². The lowest BCUT2D eigenvalue weighted by Gasteiger charge is -2.40. The van der Waals surface area contributed by atoms with Crippen LogP contribution >= 0.6 is 0 Å². The Morgan fingerprint density at radius 2 is 2.18 bits per heavy atom. The Kier molecular flexibility index (Phi) is 3.81. The van der Waals surface area contributed by atoms with E-state index in [1.807, 2.05) is 11.9 Å². The second-order valence-electron chi connectivity index (χ2n) is 5.63. The van der Waals surface area contributed by atoms with Gasteiger partial charge >= 0.3 is 0 Å². The van der Waals surface area contributed by atoms with Gasteiger partial charge in [-0.2, -0.15) is 0 Å². The van der Waals surface area contributed by atoms with Crippen molar-refractivity contribution in [2.45, 2.75) is 31.1 Å². The fourth-order valence-electron chi connectivity index (χ4n) is 3.16. The second kappa shape index (κ2) is 5.51. The minimum Gasteiger partial charge on any atom is -0.394 e. The van der Waals surface area contributed by atoms with Gasteiger partial charge in [0.05, 0.1) is 19.0 Å². The van der Waals surface area contributed by atoms with Crippen LogP contribution in [0.15, 0.2) is 6.33 Å². The molecule has 3 N–H and O–H groups in total. The zero-order valence-electron chi connectivity index (χ0n) is 12.8. The lowest BCUT2D eigenvalue weighted by Crippen LogP contribution is -2.58. The van der Waals surface area contributed by atoms with Crippen LogP contribution in [0, 0.1) is 0 Å². The lowest BCUT2D eigenvalue weighted by atomic mass is 10.2. The third-order valence-electron chi connectivity index (χ3n) is 4.31. The smallest absolute Gasteiger partial charge is 0.278 e. The topological polar surface area (TPSA) is 103 Å². The zero-order valence-corrected chi connectivity index (χ0v) is 12.8. The standard InChI is InChI=1S/C13H21N5O4/c1-14-13-16(2)11-10(12(21)17(13)3)15-6-18(11)9-4-7(20)8(5-19)22-9/h6-9,13-14,19-20H,4-5H2,1-3H3/t7-,8+,9+,13?/m0/s1. The molecule has 0 spiro atoms. The van der Waals surface area contributed by atoms with E-state index >= 15 is 0 Å². The first-order valence-corrected chi connectivity index (χ1v) is 7.18. The van der Waals surface area contributed by atoms with Gasteiger partial charge in [-0.05, 0) is 7.05 Å². The highest BCUT2D eigenvalue weighted by Gasteiger charge is 2.41. The van der Waals surface area contributed by atoms with Gasteiger partial charge in [-0.15, -0.1) is 0 Å². The monoisotopic (exact) mass is 311 g/mol. The van der Waals surface area contributed by atoms with Crippen molar-refractivity contribution in [2.75, 3.05) is 32.6 Å². The van der Waals surface area contributed by atoms with Crippen LogP contribution in [-0.2, 0) is 4.74 Å². The largest absolute Gasteiger partial charge is 0.394 e. The number of carbonyl (C=O) groups is 1. The Balaban J connectivity index is 1.97. The van der Waals surface area contributed by atoms with Gasteiger partial charge in [0, 0.05) is 20.5 Å². The van der Waals surface area contributed by atoms with E-state index in [2.05, 4.69) is 10.3 Å². The van der Waals surface area contributed by atoms with Crippen molar-refractivity contribution in [1.82, 2.24) is 19.8 Å². The van der Waals surface area contributed by atoms with E-state index in [9.17, 15) is 15.0 Å². The number of amides is 1. The third-order valence-corrected chi connectivity index (χ3v) is 4.31. The van der Waals surface area contributed by atoms with Crippen molar-refractivity contribution in [3.63, 3.8) is 0 Å². The average molecular weight is 311 g/mol. The van der Waals surface area contributed by atoms with Gasteiger partial charge in [0.2, 0.25) is 0 Å². The molecule has 1 saturated heterocycles. The molecule has 0 aliphatic carbocycles.